The Hall–Kier alpha value is -2.45. The van der Waals surface area contributed by atoms with Crippen LogP contribution in [0, 0.1) is 5.82 Å². The first-order valence-corrected chi connectivity index (χ1v) is 8.99. The second kappa shape index (κ2) is 6.69. The standard InChI is InChI=1S/C18H13F4NO2S/c19-17-10-15(18(20,21)22)7-5-14(17)11-23-26(24,25)16-8-6-12-3-1-2-4-13(12)9-16/h1-10,23H,11H2. The molecule has 0 heterocycles. The van der Waals surface area contributed by atoms with E-state index in [-0.39, 0.29) is 10.5 Å². The molecule has 26 heavy (non-hydrogen) atoms. The zero-order valence-corrected chi connectivity index (χ0v) is 14.0. The zero-order valence-electron chi connectivity index (χ0n) is 13.2. The highest BCUT2D eigenvalue weighted by Gasteiger charge is 2.31. The summed E-state index contributed by atoms with van der Waals surface area (Å²) in [5.74, 6) is -1.12. The van der Waals surface area contributed by atoms with Crippen LogP contribution < -0.4 is 4.72 Å². The molecular weight excluding hydrogens is 370 g/mol. The third kappa shape index (κ3) is 3.86. The van der Waals surface area contributed by atoms with Gasteiger partial charge < -0.3 is 0 Å². The lowest BCUT2D eigenvalue weighted by Gasteiger charge is -2.11. The first kappa shape index (κ1) is 18.3. The molecule has 0 aliphatic heterocycles. The van der Waals surface area contributed by atoms with Crippen LogP contribution in [0.25, 0.3) is 10.8 Å². The van der Waals surface area contributed by atoms with E-state index >= 15 is 0 Å². The van der Waals surface area contributed by atoms with Gasteiger partial charge >= 0.3 is 6.18 Å². The van der Waals surface area contributed by atoms with Gasteiger partial charge in [0.25, 0.3) is 0 Å². The Labute approximate surface area is 147 Å². The summed E-state index contributed by atoms with van der Waals surface area (Å²) in [5.41, 5.74) is -1.31. The summed E-state index contributed by atoms with van der Waals surface area (Å²) in [6.07, 6.45) is -4.66. The maximum Gasteiger partial charge on any atom is 0.416 e. The number of sulfonamides is 1. The first-order valence-electron chi connectivity index (χ1n) is 7.51. The molecule has 3 nitrogen and oxygen atoms in total. The third-order valence-corrected chi connectivity index (χ3v) is 5.26. The second-order valence-electron chi connectivity index (χ2n) is 5.64. The molecule has 8 heteroatoms. The molecule has 0 amide bonds. The number of fused-ring (bicyclic) bond motifs is 1. The Morgan fingerprint density at radius 2 is 1.58 bits per heavy atom. The van der Waals surface area contributed by atoms with Crippen molar-refractivity contribution in [2.24, 2.45) is 0 Å². The number of hydrogen-bond donors (Lipinski definition) is 1. The van der Waals surface area contributed by atoms with Crippen molar-refractivity contribution in [2.75, 3.05) is 0 Å². The third-order valence-electron chi connectivity index (χ3n) is 3.86. The fourth-order valence-corrected chi connectivity index (χ4v) is 3.50. The fraction of sp³-hybridized carbons (Fsp3) is 0.111. The van der Waals surface area contributed by atoms with Gasteiger partial charge in [-0.1, -0.05) is 36.4 Å². The van der Waals surface area contributed by atoms with Crippen LogP contribution in [-0.2, 0) is 22.7 Å². The first-order chi connectivity index (χ1) is 12.2. The number of alkyl halides is 3. The quantitative estimate of drug-likeness (QED) is 0.676. The maximum atomic E-state index is 13.8. The van der Waals surface area contributed by atoms with Gasteiger partial charge in [-0.3, -0.25) is 0 Å². The van der Waals surface area contributed by atoms with E-state index in [0.717, 1.165) is 16.8 Å². The summed E-state index contributed by atoms with van der Waals surface area (Å²) in [4.78, 5) is -0.0106. The zero-order chi connectivity index (χ0) is 18.9. The minimum atomic E-state index is -4.66. The second-order valence-corrected chi connectivity index (χ2v) is 7.40. The number of halogens is 4. The molecule has 3 aromatic carbocycles. The average Bonchev–Trinajstić information content (AvgIpc) is 2.59. The van der Waals surface area contributed by atoms with Gasteiger partial charge in [-0.15, -0.1) is 0 Å². The highest BCUT2D eigenvalue weighted by molar-refractivity contribution is 7.89. The molecule has 0 fully saturated rings. The van der Waals surface area contributed by atoms with Crippen molar-refractivity contribution in [2.45, 2.75) is 17.6 Å². The molecule has 0 saturated carbocycles. The minimum Gasteiger partial charge on any atom is -0.207 e. The van der Waals surface area contributed by atoms with Gasteiger partial charge in [0.1, 0.15) is 5.82 Å². The molecule has 0 atom stereocenters. The van der Waals surface area contributed by atoms with E-state index in [0.29, 0.717) is 12.1 Å². The lowest BCUT2D eigenvalue weighted by atomic mass is 10.1. The van der Waals surface area contributed by atoms with E-state index in [9.17, 15) is 26.0 Å². The smallest absolute Gasteiger partial charge is 0.207 e. The van der Waals surface area contributed by atoms with Crippen LogP contribution >= 0.6 is 0 Å². The van der Waals surface area contributed by atoms with Crippen LogP contribution in [0.4, 0.5) is 17.6 Å². The highest BCUT2D eigenvalue weighted by atomic mass is 32.2. The molecular formula is C18H13F4NO2S. The lowest BCUT2D eigenvalue weighted by Crippen LogP contribution is -2.24. The topological polar surface area (TPSA) is 46.2 Å². The van der Waals surface area contributed by atoms with E-state index in [4.69, 9.17) is 0 Å². The lowest BCUT2D eigenvalue weighted by molar-refractivity contribution is -0.137. The van der Waals surface area contributed by atoms with Gasteiger partial charge in [0, 0.05) is 12.1 Å². The molecule has 0 aliphatic carbocycles. The Balaban J connectivity index is 1.81. The predicted molar refractivity (Wildman–Crippen MR) is 89.4 cm³/mol. The maximum absolute atomic E-state index is 13.8. The summed E-state index contributed by atoms with van der Waals surface area (Å²) in [6.45, 7) is -0.459. The molecule has 0 aliphatic rings. The van der Waals surface area contributed by atoms with Gasteiger partial charge in [0.15, 0.2) is 0 Å². The average molecular weight is 383 g/mol. The van der Waals surface area contributed by atoms with Gasteiger partial charge in [-0.2, -0.15) is 13.2 Å². The summed E-state index contributed by atoms with van der Waals surface area (Å²) in [5, 5.41) is 1.58. The Kier molecular flexibility index (Phi) is 4.72. The number of nitrogens with one attached hydrogen (secondary N) is 1. The van der Waals surface area contributed by atoms with Gasteiger partial charge in [-0.05, 0) is 35.0 Å². The highest BCUT2D eigenvalue weighted by Crippen LogP contribution is 2.30. The fourth-order valence-electron chi connectivity index (χ4n) is 2.46. The summed E-state index contributed by atoms with van der Waals surface area (Å²) in [7, 11) is -3.94. The number of benzene rings is 3. The SMILES string of the molecule is O=S(=O)(NCc1ccc(C(F)(F)F)cc1F)c1ccc2ccccc2c1. The molecule has 3 aromatic rings. The summed E-state index contributed by atoms with van der Waals surface area (Å²) >= 11 is 0. The minimum absolute atomic E-state index is 0.0106. The molecule has 3 rings (SSSR count). The number of hydrogen-bond acceptors (Lipinski definition) is 2. The van der Waals surface area contributed by atoms with Gasteiger partial charge in [0.2, 0.25) is 10.0 Å². The van der Waals surface area contributed by atoms with E-state index < -0.39 is 34.1 Å². The van der Waals surface area contributed by atoms with Crippen LogP contribution in [0.3, 0.4) is 0 Å². The normalized spacial score (nSPS) is 12.5. The monoisotopic (exact) mass is 383 g/mol. The summed E-state index contributed by atoms with van der Waals surface area (Å²) in [6, 6.07) is 13.7. The Morgan fingerprint density at radius 3 is 2.23 bits per heavy atom. The van der Waals surface area contributed by atoms with Crippen molar-refractivity contribution in [1.82, 2.24) is 4.72 Å². The summed E-state index contributed by atoms with van der Waals surface area (Å²) < 4.78 is 78.4. The molecule has 0 bridgehead atoms. The van der Waals surface area contributed by atoms with Crippen molar-refractivity contribution in [1.29, 1.82) is 0 Å². The van der Waals surface area contributed by atoms with Crippen LogP contribution in [0.2, 0.25) is 0 Å². The van der Waals surface area contributed by atoms with E-state index in [1.807, 2.05) is 12.1 Å². The largest absolute Gasteiger partial charge is 0.416 e. The van der Waals surface area contributed by atoms with Crippen LogP contribution in [0.15, 0.2) is 65.6 Å². The van der Waals surface area contributed by atoms with Crippen LogP contribution in [0.5, 0.6) is 0 Å². The molecule has 0 spiro atoms. The van der Waals surface area contributed by atoms with E-state index in [2.05, 4.69) is 4.72 Å². The molecule has 1 N–H and O–H groups in total. The molecule has 0 unspecified atom stereocenters. The Bertz CT molecular complexity index is 1060. The van der Waals surface area contributed by atoms with E-state index in [1.165, 1.54) is 12.1 Å². The van der Waals surface area contributed by atoms with Crippen LogP contribution in [-0.4, -0.2) is 8.42 Å². The van der Waals surface area contributed by atoms with Crippen molar-refractivity contribution in [3.05, 3.63) is 77.6 Å². The van der Waals surface area contributed by atoms with Gasteiger partial charge in [0.05, 0.1) is 10.5 Å². The molecule has 0 saturated heterocycles. The van der Waals surface area contributed by atoms with Crippen molar-refractivity contribution >= 4 is 20.8 Å². The van der Waals surface area contributed by atoms with Crippen molar-refractivity contribution in [3.8, 4) is 0 Å². The van der Waals surface area contributed by atoms with Gasteiger partial charge in [-0.25, -0.2) is 17.5 Å². The van der Waals surface area contributed by atoms with E-state index in [1.54, 1.807) is 18.2 Å². The molecule has 0 radical (unpaired) electrons. The number of rotatable bonds is 4. The predicted octanol–water partition coefficient (Wildman–Crippen LogP) is 4.48. The molecule has 0 aromatic heterocycles. The van der Waals surface area contributed by atoms with Crippen LogP contribution in [0.1, 0.15) is 11.1 Å². The van der Waals surface area contributed by atoms with Crippen molar-refractivity contribution in [3.63, 3.8) is 0 Å². The Morgan fingerprint density at radius 1 is 0.885 bits per heavy atom. The van der Waals surface area contributed by atoms with Crippen molar-refractivity contribution < 1.29 is 26.0 Å². The molecule has 136 valence electrons.